The number of carboxylic acid groups (broad SMARTS) is 1. The lowest BCUT2D eigenvalue weighted by Crippen LogP contribution is -2.13. The molecule has 0 bridgehead atoms. The number of rotatable bonds is 4. The Kier molecular flexibility index (Phi) is 4.23. The standard InChI is InChI=1S/C12H10FIN2O4S/c1-16-6-8(5-11(16)12(17)18)21(19,20)15-10-3-2-7(13)4-9(10)14/h2-6,15H,1H3,(H,17,18). The average Bonchev–Trinajstić information content (AvgIpc) is 2.76. The maximum Gasteiger partial charge on any atom is 0.352 e. The molecule has 0 saturated heterocycles. The molecule has 0 aliphatic rings. The first-order chi connectivity index (χ1) is 9.70. The van der Waals surface area contributed by atoms with Crippen molar-refractivity contribution in [1.82, 2.24) is 4.57 Å². The van der Waals surface area contributed by atoms with Crippen molar-refractivity contribution in [1.29, 1.82) is 0 Å². The fourth-order valence-corrected chi connectivity index (χ4v) is 3.61. The quantitative estimate of drug-likeness (QED) is 0.738. The van der Waals surface area contributed by atoms with E-state index < -0.39 is 21.8 Å². The molecule has 0 fully saturated rings. The number of halogens is 2. The van der Waals surface area contributed by atoms with Crippen molar-refractivity contribution < 1.29 is 22.7 Å². The summed E-state index contributed by atoms with van der Waals surface area (Å²) in [6.07, 6.45) is 1.20. The van der Waals surface area contributed by atoms with E-state index in [-0.39, 0.29) is 16.3 Å². The van der Waals surface area contributed by atoms with Crippen LogP contribution in [0.2, 0.25) is 0 Å². The van der Waals surface area contributed by atoms with E-state index in [4.69, 9.17) is 5.11 Å². The van der Waals surface area contributed by atoms with Crippen LogP contribution in [0.3, 0.4) is 0 Å². The normalized spacial score (nSPS) is 11.4. The van der Waals surface area contributed by atoms with Crippen LogP contribution < -0.4 is 4.72 Å². The van der Waals surface area contributed by atoms with E-state index >= 15 is 0 Å². The van der Waals surface area contributed by atoms with Crippen LogP contribution in [0, 0.1) is 9.39 Å². The number of aromatic nitrogens is 1. The number of carbonyl (C=O) groups is 1. The lowest BCUT2D eigenvalue weighted by Gasteiger charge is -2.08. The van der Waals surface area contributed by atoms with Crippen LogP contribution in [0.1, 0.15) is 10.5 Å². The number of aromatic carboxylic acids is 1. The van der Waals surface area contributed by atoms with Crippen LogP contribution in [-0.2, 0) is 17.1 Å². The van der Waals surface area contributed by atoms with Gasteiger partial charge in [0.25, 0.3) is 10.0 Å². The first kappa shape index (κ1) is 15.8. The van der Waals surface area contributed by atoms with Gasteiger partial charge in [0, 0.05) is 16.8 Å². The van der Waals surface area contributed by atoms with Crippen molar-refractivity contribution in [2.75, 3.05) is 4.72 Å². The number of hydrogen-bond acceptors (Lipinski definition) is 3. The molecule has 0 unspecified atom stereocenters. The van der Waals surface area contributed by atoms with Crippen molar-refractivity contribution in [3.63, 3.8) is 0 Å². The van der Waals surface area contributed by atoms with Gasteiger partial charge in [-0.05, 0) is 46.9 Å². The van der Waals surface area contributed by atoms with Crippen LogP contribution in [0.4, 0.5) is 10.1 Å². The van der Waals surface area contributed by atoms with Crippen molar-refractivity contribution >= 4 is 44.3 Å². The summed E-state index contributed by atoms with van der Waals surface area (Å²) in [6.45, 7) is 0. The van der Waals surface area contributed by atoms with Crippen LogP contribution in [0.5, 0.6) is 0 Å². The highest BCUT2D eigenvalue weighted by Gasteiger charge is 2.21. The van der Waals surface area contributed by atoms with Gasteiger partial charge in [-0.15, -0.1) is 0 Å². The minimum Gasteiger partial charge on any atom is -0.477 e. The summed E-state index contributed by atoms with van der Waals surface area (Å²) in [6, 6.07) is 4.68. The number of nitrogens with zero attached hydrogens (tertiary/aromatic N) is 1. The van der Waals surface area contributed by atoms with Gasteiger partial charge in [0.15, 0.2) is 0 Å². The molecule has 2 aromatic rings. The van der Waals surface area contributed by atoms with Crippen molar-refractivity contribution in [2.24, 2.45) is 7.05 Å². The van der Waals surface area contributed by atoms with E-state index in [1.54, 1.807) is 22.6 Å². The SMILES string of the molecule is Cn1cc(S(=O)(=O)Nc2ccc(F)cc2I)cc1C(=O)O. The van der Waals surface area contributed by atoms with Gasteiger partial charge in [-0.25, -0.2) is 17.6 Å². The number of anilines is 1. The Balaban J connectivity index is 2.38. The molecular formula is C12H10FIN2O4S. The minimum absolute atomic E-state index is 0.149. The first-order valence-corrected chi connectivity index (χ1v) is 8.14. The number of hydrogen-bond donors (Lipinski definition) is 2. The fourth-order valence-electron chi connectivity index (χ4n) is 1.67. The predicted molar refractivity (Wildman–Crippen MR) is 82.3 cm³/mol. The Hall–Kier alpha value is -1.62. The Bertz CT molecular complexity index is 817. The second-order valence-corrected chi connectivity index (χ2v) is 7.05. The lowest BCUT2D eigenvalue weighted by molar-refractivity contribution is 0.0686. The maximum absolute atomic E-state index is 13.0. The van der Waals surface area contributed by atoms with E-state index in [2.05, 4.69) is 4.72 Å². The van der Waals surface area contributed by atoms with Gasteiger partial charge in [-0.3, -0.25) is 4.72 Å². The monoisotopic (exact) mass is 424 g/mol. The summed E-state index contributed by atoms with van der Waals surface area (Å²) in [5.74, 6) is -1.70. The Morgan fingerprint density at radius 2 is 2.05 bits per heavy atom. The molecule has 0 radical (unpaired) electrons. The maximum atomic E-state index is 13.0. The van der Waals surface area contributed by atoms with Crippen molar-refractivity contribution in [3.05, 3.63) is 45.5 Å². The summed E-state index contributed by atoms with van der Waals surface area (Å²) < 4.78 is 41.3. The zero-order chi connectivity index (χ0) is 15.8. The molecule has 112 valence electrons. The summed E-state index contributed by atoms with van der Waals surface area (Å²) in [5, 5.41) is 8.93. The highest BCUT2D eigenvalue weighted by molar-refractivity contribution is 14.1. The van der Waals surface area contributed by atoms with E-state index in [1.165, 1.54) is 29.9 Å². The molecular weight excluding hydrogens is 414 g/mol. The van der Waals surface area contributed by atoms with Crippen LogP contribution in [0.15, 0.2) is 35.4 Å². The number of benzene rings is 1. The van der Waals surface area contributed by atoms with Gasteiger partial charge in [0.2, 0.25) is 0 Å². The molecule has 1 aromatic heterocycles. The Labute approximate surface area is 133 Å². The third kappa shape index (κ3) is 3.35. The average molecular weight is 424 g/mol. The van der Waals surface area contributed by atoms with Crippen LogP contribution in [0.25, 0.3) is 0 Å². The summed E-state index contributed by atoms with van der Waals surface area (Å²) in [5.41, 5.74) is 0.0712. The zero-order valence-corrected chi connectivity index (χ0v) is 13.6. The largest absolute Gasteiger partial charge is 0.477 e. The molecule has 1 aromatic carbocycles. The Morgan fingerprint density at radius 3 is 2.57 bits per heavy atom. The third-order valence-electron chi connectivity index (χ3n) is 2.68. The molecule has 21 heavy (non-hydrogen) atoms. The van der Waals surface area contributed by atoms with Gasteiger partial charge in [0.05, 0.1) is 5.69 Å². The molecule has 9 heteroatoms. The van der Waals surface area contributed by atoms with E-state index in [0.29, 0.717) is 3.57 Å². The number of carboxylic acids is 1. The second kappa shape index (κ2) is 5.64. The number of aryl methyl sites for hydroxylation is 1. The molecule has 0 spiro atoms. The van der Waals surface area contributed by atoms with Gasteiger partial charge in [0.1, 0.15) is 16.4 Å². The van der Waals surface area contributed by atoms with Crippen LogP contribution >= 0.6 is 22.6 Å². The smallest absolute Gasteiger partial charge is 0.352 e. The summed E-state index contributed by atoms with van der Waals surface area (Å²) in [7, 11) is -2.51. The van der Waals surface area contributed by atoms with E-state index in [0.717, 1.165) is 12.1 Å². The highest BCUT2D eigenvalue weighted by atomic mass is 127. The zero-order valence-electron chi connectivity index (χ0n) is 10.7. The topological polar surface area (TPSA) is 88.4 Å². The second-order valence-electron chi connectivity index (χ2n) is 4.21. The van der Waals surface area contributed by atoms with Gasteiger partial charge >= 0.3 is 5.97 Å². The summed E-state index contributed by atoms with van der Waals surface area (Å²) >= 11 is 1.80. The third-order valence-corrected chi connectivity index (χ3v) is 4.91. The van der Waals surface area contributed by atoms with Crippen molar-refractivity contribution in [3.8, 4) is 0 Å². The van der Waals surface area contributed by atoms with Gasteiger partial charge in [-0.1, -0.05) is 0 Å². The number of nitrogens with one attached hydrogen (secondary N) is 1. The summed E-state index contributed by atoms with van der Waals surface area (Å²) in [4.78, 5) is 10.8. The molecule has 0 aliphatic carbocycles. The highest BCUT2D eigenvalue weighted by Crippen LogP contribution is 2.23. The van der Waals surface area contributed by atoms with E-state index in [9.17, 15) is 17.6 Å². The molecule has 2 rings (SSSR count). The Morgan fingerprint density at radius 1 is 1.38 bits per heavy atom. The molecule has 0 amide bonds. The first-order valence-electron chi connectivity index (χ1n) is 5.58. The molecule has 1 heterocycles. The lowest BCUT2D eigenvalue weighted by atomic mass is 10.3. The van der Waals surface area contributed by atoms with Gasteiger partial charge < -0.3 is 9.67 Å². The number of sulfonamides is 1. The molecule has 0 saturated carbocycles. The van der Waals surface area contributed by atoms with Crippen LogP contribution in [-0.4, -0.2) is 24.1 Å². The molecule has 0 atom stereocenters. The van der Waals surface area contributed by atoms with E-state index in [1.807, 2.05) is 0 Å². The minimum atomic E-state index is -3.95. The predicted octanol–water partition coefficient (Wildman–Crippen LogP) is 2.27. The molecule has 2 N–H and O–H groups in total. The van der Waals surface area contributed by atoms with Gasteiger partial charge in [-0.2, -0.15) is 0 Å². The molecule has 0 aliphatic heterocycles. The molecule has 6 nitrogen and oxygen atoms in total. The fraction of sp³-hybridized carbons (Fsp3) is 0.0833. The van der Waals surface area contributed by atoms with Crippen molar-refractivity contribution in [2.45, 2.75) is 4.90 Å².